The van der Waals surface area contributed by atoms with E-state index in [9.17, 15) is 4.79 Å². The second kappa shape index (κ2) is 2.19. The Morgan fingerprint density at radius 1 is 1.64 bits per heavy atom. The molecular weight excluding hydrogens is 144 g/mol. The van der Waals surface area contributed by atoms with Crippen LogP contribution in [0.1, 0.15) is 12.8 Å². The highest BCUT2D eigenvalue weighted by Crippen LogP contribution is 2.33. The molecule has 1 atom stereocenters. The lowest BCUT2D eigenvalue weighted by Gasteiger charge is -2.38. The van der Waals surface area contributed by atoms with E-state index in [2.05, 4.69) is 5.32 Å². The molecule has 62 valence electrons. The van der Waals surface area contributed by atoms with Crippen LogP contribution in [0.15, 0.2) is 0 Å². The summed E-state index contributed by atoms with van der Waals surface area (Å²) in [5, 5.41) is 3.13. The smallest absolute Gasteiger partial charge is 0.246 e. The number of amides is 1. The maximum atomic E-state index is 10.7. The standard InChI is InChI=1S/C7H12N2O2/c8-6(10)5-1-2-7(11-5)3-9-4-7/h5,9H,1-4H2,(H2,8,10)/t5-/m0/s1. The number of carbonyl (C=O) groups excluding carboxylic acids is 1. The van der Waals surface area contributed by atoms with Crippen LogP contribution in [0.2, 0.25) is 0 Å². The van der Waals surface area contributed by atoms with E-state index in [1.54, 1.807) is 0 Å². The fourth-order valence-corrected chi connectivity index (χ4v) is 1.68. The predicted molar refractivity (Wildman–Crippen MR) is 38.9 cm³/mol. The van der Waals surface area contributed by atoms with Crippen LogP contribution >= 0.6 is 0 Å². The molecule has 0 radical (unpaired) electrons. The zero-order valence-corrected chi connectivity index (χ0v) is 6.30. The molecule has 0 saturated carbocycles. The SMILES string of the molecule is NC(=O)[C@@H]1CCC2(CNC2)O1. The molecule has 2 saturated heterocycles. The van der Waals surface area contributed by atoms with Crippen LogP contribution in [0.4, 0.5) is 0 Å². The summed E-state index contributed by atoms with van der Waals surface area (Å²) >= 11 is 0. The van der Waals surface area contributed by atoms with Crippen molar-refractivity contribution in [2.24, 2.45) is 5.73 Å². The molecule has 2 aliphatic heterocycles. The van der Waals surface area contributed by atoms with E-state index >= 15 is 0 Å². The Bertz CT molecular complexity index is 189. The third-order valence-electron chi connectivity index (χ3n) is 2.47. The minimum absolute atomic E-state index is 0.0420. The van der Waals surface area contributed by atoms with Gasteiger partial charge in [-0.2, -0.15) is 0 Å². The van der Waals surface area contributed by atoms with Gasteiger partial charge in [0.15, 0.2) is 0 Å². The number of hydrogen-bond donors (Lipinski definition) is 2. The summed E-state index contributed by atoms with van der Waals surface area (Å²) in [7, 11) is 0. The lowest BCUT2D eigenvalue weighted by atomic mass is 9.93. The van der Waals surface area contributed by atoms with Gasteiger partial charge in [0.2, 0.25) is 5.91 Å². The molecule has 4 heteroatoms. The van der Waals surface area contributed by atoms with Crippen molar-refractivity contribution in [1.82, 2.24) is 5.32 Å². The second-order valence-corrected chi connectivity index (χ2v) is 3.33. The van der Waals surface area contributed by atoms with Crippen LogP contribution in [0.5, 0.6) is 0 Å². The predicted octanol–water partition coefficient (Wildman–Crippen LogP) is -1.01. The molecule has 3 N–H and O–H groups in total. The second-order valence-electron chi connectivity index (χ2n) is 3.33. The lowest BCUT2D eigenvalue weighted by molar-refractivity contribution is -0.137. The first-order chi connectivity index (χ1) is 5.22. The Hall–Kier alpha value is -0.610. The van der Waals surface area contributed by atoms with E-state index in [-0.39, 0.29) is 17.6 Å². The molecule has 4 nitrogen and oxygen atoms in total. The van der Waals surface area contributed by atoms with Crippen LogP contribution in [0.25, 0.3) is 0 Å². The first-order valence-corrected chi connectivity index (χ1v) is 3.90. The van der Waals surface area contributed by atoms with Crippen molar-refractivity contribution in [2.75, 3.05) is 13.1 Å². The minimum Gasteiger partial charge on any atom is -0.367 e. The monoisotopic (exact) mass is 156 g/mol. The Labute approximate surface area is 65.1 Å². The Morgan fingerprint density at radius 3 is 2.64 bits per heavy atom. The summed E-state index contributed by atoms with van der Waals surface area (Å²) in [6.45, 7) is 1.74. The number of ether oxygens (including phenoxy) is 1. The largest absolute Gasteiger partial charge is 0.367 e. The molecule has 2 aliphatic rings. The van der Waals surface area contributed by atoms with Crippen molar-refractivity contribution in [1.29, 1.82) is 0 Å². The quantitative estimate of drug-likeness (QED) is 0.511. The van der Waals surface area contributed by atoms with Crippen molar-refractivity contribution in [3.05, 3.63) is 0 Å². The fourth-order valence-electron chi connectivity index (χ4n) is 1.68. The van der Waals surface area contributed by atoms with Gasteiger partial charge in [-0.05, 0) is 12.8 Å². The van der Waals surface area contributed by atoms with Gasteiger partial charge >= 0.3 is 0 Å². The third-order valence-corrected chi connectivity index (χ3v) is 2.47. The van der Waals surface area contributed by atoms with Gasteiger partial charge < -0.3 is 15.8 Å². The number of rotatable bonds is 1. The first kappa shape index (κ1) is 7.06. The molecule has 0 aromatic rings. The molecule has 11 heavy (non-hydrogen) atoms. The molecule has 1 spiro atoms. The van der Waals surface area contributed by atoms with Crippen LogP contribution in [-0.4, -0.2) is 30.7 Å². The number of primary amides is 1. The molecule has 1 amide bonds. The molecule has 0 unspecified atom stereocenters. The normalized spacial score (nSPS) is 33.6. The third kappa shape index (κ3) is 1.02. The molecular formula is C7H12N2O2. The van der Waals surface area contributed by atoms with Crippen LogP contribution in [-0.2, 0) is 9.53 Å². The van der Waals surface area contributed by atoms with E-state index < -0.39 is 0 Å². The van der Waals surface area contributed by atoms with Crippen molar-refractivity contribution >= 4 is 5.91 Å². The topological polar surface area (TPSA) is 64.4 Å². The lowest BCUT2D eigenvalue weighted by Crippen LogP contribution is -2.59. The first-order valence-electron chi connectivity index (χ1n) is 3.90. The zero-order chi connectivity index (χ0) is 7.90. The highest BCUT2D eigenvalue weighted by molar-refractivity contribution is 5.79. The summed E-state index contributed by atoms with van der Waals surface area (Å²) in [6, 6.07) is 0. The van der Waals surface area contributed by atoms with Gasteiger partial charge in [-0.3, -0.25) is 4.79 Å². The fraction of sp³-hybridized carbons (Fsp3) is 0.857. The molecule has 0 bridgehead atoms. The Kier molecular flexibility index (Phi) is 1.40. The van der Waals surface area contributed by atoms with Crippen LogP contribution in [0.3, 0.4) is 0 Å². The van der Waals surface area contributed by atoms with Crippen molar-refractivity contribution in [3.8, 4) is 0 Å². The van der Waals surface area contributed by atoms with E-state index in [4.69, 9.17) is 10.5 Å². The van der Waals surface area contributed by atoms with E-state index in [1.165, 1.54) is 0 Å². The van der Waals surface area contributed by atoms with Gasteiger partial charge in [-0.1, -0.05) is 0 Å². The van der Waals surface area contributed by atoms with Crippen LogP contribution in [0, 0.1) is 0 Å². The van der Waals surface area contributed by atoms with Gasteiger partial charge in [-0.15, -0.1) is 0 Å². The molecule has 0 aliphatic carbocycles. The summed E-state index contributed by atoms with van der Waals surface area (Å²) in [5.41, 5.74) is 5.07. The minimum atomic E-state index is -0.336. The average molecular weight is 156 g/mol. The number of hydrogen-bond acceptors (Lipinski definition) is 3. The van der Waals surface area contributed by atoms with E-state index in [1.807, 2.05) is 0 Å². The van der Waals surface area contributed by atoms with E-state index in [0.717, 1.165) is 25.9 Å². The van der Waals surface area contributed by atoms with Crippen LogP contribution < -0.4 is 11.1 Å². The highest BCUT2D eigenvalue weighted by atomic mass is 16.5. The Balaban J connectivity index is 1.98. The molecule has 0 aromatic heterocycles. The summed E-state index contributed by atoms with van der Waals surface area (Å²) in [6.07, 6.45) is 1.42. The van der Waals surface area contributed by atoms with Gasteiger partial charge in [0.1, 0.15) is 6.10 Å². The maximum absolute atomic E-state index is 10.7. The van der Waals surface area contributed by atoms with Gasteiger partial charge in [-0.25, -0.2) is 0 Å². The van der Waals surface area contributed by atoms with Crippen molar-refractivity contribution in [3.63, 3.8) is 0 Å². The van der Waals surface area contributed by atoms with Crippen molar-refractivity contribution < 1.29 is 9.53 Å². The summed E-state index contributed by atoms with van der Waals surface area (Å²) in [5.74, 6) is -0.325. The molecule has 0 aromatic carbocycles. The molecule has 2 rings (SSSR count). The average Bonchev–Trinajstić information content (AvgIpc) is 2.28. The summed E-state index contributed by atoms with van der Waals surface area (Å²) < 4.78 is 5.51. The van der Waals surface area contributed by atoms with Crippen molar-refractivity contribution in [2.45, 2.75) is 24.5 Å². The zero-order valence-electron chi connectivity index (χ0n) is 6.30. The molecule has 2 fully saturated rings. The summed E-state index contributed by atoms with van der Waals surface area (Å²) in [4.78, 5) is 10.7. The number of nitrogens with two attached hydrogens (primary N) is 1. The number of nitrogens with one attached hydrogen (secondary N) is 1. The van der Waals surface area contributed by atoms with Gasteiger partial charge in [0.05, 0.1) is 5.60 Å². The Morgan fingerprint density at radius 2 is 2.36 bits per heavy atom. The van der Waals surface area contributed by atoms with E-state index in [0.29, 0.717) is 0 Å². The maximum Gasteiger partial charge on any atom is 0.246 e. The van der Waals surface area contributed by atoms with Gasteiger partial charge in [0.25, 0.3) is 0 Å². The van der Waals surface area contributed by atoms with Gasteiger partial charge in [0, 0.05) is 13.1 Å². The highest BCUT2D eigenvalue weighted by Gasteiger charge is 2.46. The number of carbonyl (C=O) groups is 1. The molecule has 2 heterocycles.